The van der Waals surface area contributed by atoms with Crippen molar-refractivity contribution < 1.29 is 49.9 Å². The van der Waals surface area contributed by atoms with E-state index < -0.39 is 13.4 Å². The molecule has 0 aromatic heterocycles. The van der Waals surface area contributed by atoms with Crippen molar-refractivity contribution in [3.05, 3.63) is 0 Å². The van der Waals surface area contributed by atoms with Gasteiger partial charge in [-0.2, -0.15) is 0 Å². The maximum Gasteiger partial charge on any atom is 1.00 e. The normalized spacial score (nSPS) is 14.1. The van der Waals surface area contributed by atoms with Crippen LogP contribution in [-0.2, 0) is 9.09 Å². The molecule has 0 aromatic rings. The van der Waals surface area contributed by atoms with E-state index in [4.69, 9.17) is 14.3 Å². The zero-order valence-electron chi connectivity index (χ0n) is 13.5. The van der Waals surface area contributed by atoms with E-state index in [9.17, 15) is 4.57 Å². The van der Waals surface area contributed by atoms with Gasteiger partial charge in [-0.3, -0.25) is 4.52 Å². The SMILES string of the molecule is CCCCC(CC)C(CC)(CC)OP(=O)(O)O.[H-].[Na+]. The summed E-state index contributed by atoms with van der Waals surface area (Å²) in [6.45, 7) is 8.06. The van der Waals surface area contributed by atoms with Gasteiger partial charge in [-0.15, -0.1) is 0 Å². The van der Waals surface area contributed by atoms with Crippen molar-refractivity contribution >= 4 is 7.82 Å². The van der Waals surface area contributed by atoms with Crippen LogP contribution in [0.1, 0.15) is 67.6 Å². The summed E-state index contributed by atoms with van der Waals surface area (Å²) in [4.78, 5) is 18.1. The Hall–Kier alpha value is 1.11. The van der Waals surface area contributed by atoms with Crippen LogP contribution in [0, 0.1) is 5.92 Å². The van der Waals surface area contributed by atoms with Crippen molar-refractivity contribution in [3.63, 3.8) is 0 Å². The maximum atomic E-state index is 11.1. The fourth-order valence-electron chi connectivity index (χ4n) is 2.56. The van der Waals surface area contributed by atoms with Gasteiger partial charge in [-0.05, 0) is 25.2 Å². The molecular weight excluding hydrogens is 262 g/mol. The Morgan fingerprint density at radius 3 is 2.00 bits per heavy atom. The number of phosphoric acid groups is 1. The van der Waals surface area contributed by atoms with E-state index in [1.54, 1.807) is 0 Å². The molecule has 2 N–H and O–H groups in total. The maximum absolute atomic E-state index is 11.1. The third kappa shape index (κ3) is 7.04. The van der Waals surface area contributed by atoms with Gasteiger partial charge in [0.25, 0.3) is 0 Å². The molecule has 18 heavy (non-hydrogen) atoms. The first-order valence-electron chi connectivity index (χ1n) is 6.61. The molecule has 0 amide bonds. The van der Waals surface area contributed by atoms with Crippen LogP contribution in [0.25, 0.3) is 0 Å². The molecule has 0 bridgehead atoms. The number of phosphoric ester groups is 1. The predicted octanol–water partition coefficient (Wildman–Crippen LogP) is 0.987. The average Bonchev–Trinajstić information content (AvgIpc) is 2.26. The van der Waals surface area contributed by atoms with E-state index in [-0.39, 0.29) is 36.9 Å². The Morgan fingerprint density at radius 2 is 1.72 bits per heavy atom. The molecule has 0 aromatic carbocycles. The Labute approximate surface area is 135 Å². The summed E-state index contributed by atoms with van der Waals surface area (Å²) in [5.74, 6) is 0.213. The van der Waals surface area contributed by atoms with Crippen LogP contribution in [0.4, 0.5) is 0 Å². The van der Waals surface area contributed by atoms with Crippen molar-refractivity contribution in [2.75, 3.05) is 0 Å². The second-order valence-corrected chi connectivity index (χ2v) is 5.76. The van der Waals surface area contributed by atoms with Gasteiger partial charge in [0.2, 0.25) is 0 Å². The van der Waals surface area contributed by atoms with Gasteiger partial charge in [-0.25, -0.2) is 4.57 Å². The van der Waals surface area contributed by atoms with Crippen LogP contribution in [-0.4, -0.2) is 15.4 Å². The molecule has 0 radical (unpaired) electrons. The molecule has 6 heteroatoms. The number of unbranched alkanes of at least 4 members (excludes halogenated alkanes) is 1. The third-order valence-electron chi connectivity index (χ3n) is 3.64. The van der Waals surface area contributed by atoms with E-state index in [0.29, 0.717) is 12.8 Å². The van der Waals surface area contributed by atoms with Gasteiger partial charge >= 0.3 is 37.4 Å². The predicted molar refractivity (Wildman–Crippen MR) is 70.9 cm³/mol. The molecule has 0 rings (SSSR count). The molecule has 0 aliphatic carbocycles. The van der Waals surface area contributed by atoms with Crippen LogP contribution < -0.4 is 29.6 Å². The summed E-state index contributed by atoms with van der Waals surface area (Å²) >= 11 is 0. The van der Waals surface area contributed by atoms with Crippen molar-refractivity contribution in [1.29, 1.82) is 0 Å². The average molecular weight is 290 g/mol. The first kappa shape index (κ1) is 21.4. The summed E-state index contributed by atoms with van der Waals surface area (Å²) in [6, 6.07) is 0. The van der Waals surface area contributed by atoms with Crippen molar-refractivity contribution in [2.24, 2.45) is 5.92 Å². The van der Waals surface area contributed by atoms with Crippen molar-refractivity contribution in [2.45, 2.75) is 71.8 Å². The summed E-state index contributed by atoms with van der Waals surface area (Å²) in [5, 5.41) is 0. The zero-order chi connectivity index (χ0) is 13.5. The van der Waals surface area contributed by atoms with Gasteiger partial charge in [-0.1, -0.05) is 47.0 Å². The Balaban J connectivity index is -0.00000128. The van der Waals surface area contributed by atoms with Crippen LogP contribution in [0.2, 0.25) is 0 Å². The Kier molecular flexibility index (Phi) is 11.8. The van der Waals surface area contributed by atoms with Crippen LogP contribution in [0.15, 0.2) is 0 Å². The minimum absolute atomic E-state index is 0. The van der Waals surface area contributed by atoms with E-state index in [0.717, 1.165) is 25.7 Å². The summed E-state index contributed by atoms with van der Waals surface area (Å²) in [7, 11) is -4.42. The number of hydrogen-bond donors (Lipinski definition) is 2. The largest absolute Gasteiger partial charge is 1.00 e. The van der Waals surface area contributed by atoms with E-state index in [1.807, 2.05) is 13.8 Å². The minimum Gasteiger partial charge on any atom is -1.00 e. The first-order valence-corrected chi connectivity index (χ1v) is 8.14. The minimum atomic E-state index is -4.42. The molecule has 0 aliphatic heterocycles. The Morgan fingerprint density at radius 1 is 1.22 bits per heavy atom. The molecular formula is C12H28NaO4P. The van der Waals surface area contributed by atoms with Gasteiger partial charge in [0.1, 0.15) is 0 Å². The number of rotatable bonds is 9. The molecule has 0 spiro atoms. The first-order chi connectivity index (χ1) is 7.85. The molecule has 1 atom stereocenters. The monoisotopic (exact) mass is 290 g/mol. The fraction of sp³-hybridized carbons (Fsp3) is 1.00. The molecule has 0 saturated carbocycles. The van der Waals surface area contributed by atoms with Crippen LogP contribution in [0.3, 0.4) is 0 Å². The van der Waals surface area contributed by atoms with Gasteiger partial charge in [0.15, 0.2) is 0 Å². The second-order valence-electron chi connectivity index (χ2n) is 4.60. The second kappa shape index (κ2) is 9.93. The van der Waals surface area contributed by atoms with E-state index >= 15 is 0 Å². The van der Waals surface area contributed by atoms with Crippen molar-refractivity contribution in [3.8, 4) is 0 Å². The van der Waals surface area contributed by atoms with E-state index in [2.05, 4.69) is 13.8 Å². The quantitative estimate of drug-likeness (QED) is 0.491. The van der Waals surface area contributed by atoms with Crippen LogP contribution in [0.5, 0.6) is 0 Å². The molecule has 4 nitrogen and oxygen atoms in total. The molecule has 106 valence electrons. The molecule has 0 saturated heterocycles. The molecule has 0 fully saturated rings. The molecule has 0 aliphatic rings. The third-order valence-corrected chi connectivity index (χ3v) is 4.24. The zero-order valence-corrected chi connectivity index (χ0v) is 15.4. The van der Waals surface area contributed by atoms with Gasteiger partial charge < -0.3 is 11.2 Å². The summed E-state index contributed by atoms with van der Waals surface area (Å²) in [5.41, 5.74) is -0.678. The van der Waals surface area contributed by atoms with Crippen molar-refractivity contribution in [1.82, 2.24) is 0 Å². The summed E-state index contributed by atoms with van der Waals surface area (Å²) in [6.07, 6.45) is 5.30. The fourth-order valence-corrected chi connectivity index (χ4v) is 3.44. The molecule has 0 heterocycles. The standard InChI is InChI=1S/C12H27O4P.Na.H/c1-5-9-10-11(6-2)12(7-3,8-4)16-17(13,14)15;;/h11H,5-10H2,1-4H3,(H2,13,14,15);;/q;+1;-1. The Bertz CT molecular complexity index is 256. The smallest absolute Gasteiger partial charge is 1.00 e. The number of hydrogen-bond acceptors (Lipinski definition) is 2. The molecule has 1 unspecified atom stereocenters. The topological polar surface area (TPSA) is 66.8 Å². The van der Waals surface area contributed by atoms with Gasteiger partial charge in [0, 0.05) is 0 Å². The van der Waals surface area contributed by atoms with Crippen LogP contribution >= 0.6 is 7.82 Å². The van der Waals surface area contributed by atoms with E-state index in [1.165, 1.54) is 0 Å². The van der Waals surface area contributed by atoms with Gasteiger partial charge in [0.05, 0.1) is 5.60 Å². The summed E-state index contributed by atoms with van der Waals surface area (Å²) < 4.78 is 16.3.